The number of nitrogens with one attached hydrogen (secondary N) is 1. The molecule has 0 amide bonds. The second kappa shape index (κ2) is 8.79. The van der Waals surface area contributed by atoms with Gasteiger partial charge in [-0.05, 0) is 59.9 Å². The molecule has 0 radical (unpaired) electrons. The number of benzene rings is 2. The van der Waals surface area contributed by atoms with Crippen molar-refractivity contribution >= 4 is 23.2 Å². The van der Waals surface area contributed by atoms with E-state index in [1.54, 1.807) is 0 Å². The summed E-state index contributed by atoms with van der Waals surface area (Å²) in [4.78, 5) is 4.45. The SMILES string of the molecule is Clc1ccc(Cl)c(CNC2(c3cnccc3-c3ccccc3OC3CCOC3)CC2)c1. The van der Waals surface area contributed by atoms with E-state index in [9.17, 15) is 0 Å². The molecular formula is C25H24Cl2N2O2. The Morgan fingerprint density at radius 1 is 1.10 bits per heavy atom. The molecule has 3 aromatic rings. The van der Waals surface area contributed by atoms with Crippen LogP contribution in [0.3, 0.4) is 0 Å². The zero-order chi connectivity index (χ0) is 21.3. The van der Waals surface area contributed by atoms with Crippen LogP contribution in [0.25, 0.3) is 11.1 Å². The first-order valence-corrected chi connectivity index (χ1v) is 11.4. The maximum atomic E-state index is 6.38. The molecule has 1 saturated heterocycles. The van der Waals surface area contributed by atoms with E-state index in [0.717, 1.165) is 53.3 Å². The zero-order valence-electron chi connectivity index (χ0n) is 17.1. The van der Waals surface area contributed by atoms with E-state index in [1.165, 1.54) is 5.56 Å². The van der Waals surface area contributed by atoms with Gasteiger partial charge in [0.25, 0.3) is 0 Å². The molecule has 1 saturated carbocycles. The summed E-state index contributed by atoms with van der Waals surface area (Å²) in [7, 11) is 0. The molecule has 2 fully saturated rings. The second-order valence-corrected chi connectivity index (χ2v) is 9.04. The molecule has 2 heterocycles. The molecule has 2 aliphatic rings. The van der Waals surface area contributed by atoms with Gasteiger partial charge in [-0.2, -0.15) is 0 Å². The Hall–Kier alpha value is -2.11. The van der Waals surface area contributed by atoms with E-state index in [4.69, 9.17) is 32.7 Å². The van der Waals surface area contributed by atoms with E-state index in [1.807, 2.05) is 42.7 Å². The number of pyridine rings is 1. The normalized spacial score (nSPS) is 19.4. The molecule has 1 aliphatic heterocycles. The summed E-state index contributed by atoms with van der Waals surface area (Å²) in [6.07, 6.45) is 6.93. The molecule has 1 aromatic heterocycles. The first-order valence-electron chi connectivity index (χ1n) is 10.6. The fourth-order valence-electron chi connectivity index (χ4n) is 4.20. The summed E-state index contributed by atoms with van der Waals surface area (Å²) < 4.78 is 11.8. The number of aromatic nitrogens is 1. The summed E-state index contributed by atoms with van der Waals surface area (Å²) in [5.41, 5.74) is 4.29. The molecule has 1 N–H and O–H groups in total. The lowest BCUT2D eigenvalue weighted by molar-refractivity contribution is 0.141. The number of nitrogens with zero attached hydrogens (tertiary/aromatic N) is 1. The van der Waals surface area contributed by atoms with Gasteiger partial charge >= 0.3 is 0 Å². The van der Waals surface area contributed by atoms with Crippen molar-refractivity contribution < 1.29 is 9.47 Å². The third kappa shape index (κ3) is 4.44. The number of hydrogen-bond acceptors (Lipinski definition) is 4. The number of ether oxygens (including phenoxy) is 2. The summed E-state index contributed by atoms with van der Waals surface area (Å²) >= 11 is 12.6. The average Bonchev–Trinajstić information content (AvgIpc) is 3.41. The van der Waals surface area contributed by atoms with Crippen molar-refractivity contribution in [2.45, 2.75) is 37.5 Å². The van der Waals surface area contributed by atoms with Crippen molar-refractivity contribution in [3.05, 3.63) is 82.1 Å². The molecule has 4 nitrogen and oxygen atoms in total. The largest absolute Gasteiger partial charge is 0.487 e. The van der Waals surface area contributed by atoms with Gasteiger partial charge in [-0.15, -0.1) is 0 Å². The van der Waals surface area contributed by atoms with Gasteiger partial charge < -0.3 is 14.8 Å². The van der Waals surface area contributed by atoms with Crippen LogP contribution in [0, 0.1) is 0 Å². The number of halogens is 2. The number of para-hydroxylation sites is 1. The predicted octanol–water partition coefficient (Wildman–Crippen LogP) is 6.00. The van der Waals surface area contributed by atoms with Crippen molar-refractivity contribution in [3.8, 4) is 16.9 Å². The molecule has 2 aromatic carbocycles. The van der Waals surface area contributed by atoms with Crippen LogP contribution in [-0.4, -0.2) is 24.3 Å². The molecule has 1 unspecified atom stereocenters. The van der Waals surface area contributed by atoms with Gasteiger partial charge in [0.15, 0.2) is 0 Å². The van der Waals surface area contributed by atoms with Crippen LogP contribution in [-0.2, 0) is 16.8 Å². The lowest BCUT2D eigenvalue weighted by Crippen LogP contribution is -2.29. The highest BCUT2D eigenvalue weighted by Gasteiger charge is 2.45. The van der Waals surface area contributed by atoms with Crippen molar-refractivity contribution in [2.24, 2.45) is 0 Å². The van der Waals surface area contributed by atoms with E-state index in [2.05, 4.69) is 28.5 Å². The highest BCUT2D eigenvalue weighted by Crippen LogP contribution is 2.50. The van der Waals surface area contributed by atoms with Crippen molar-refractivity contribution in [1.29, 1.82) is 0 Å². The van der Waals surface area contributed by atoms with Crippen molar-refractivity contribution in [1.82, 2.24) is 10.3 Å². The van der Waals surface area contributed by atoms with Gasteiger partial charge in [-0.25, -0.2) is 0 Å². The van der Waals surface area contributed by atoms with Gasteiger partial charge in [0, 0.05) is 46.5 Å². The van der Waals surface area contributed by atoms with Crippen molar-refractivity contribution in [2.75, 3.05) is 13.2 Å². The Morgan fingerprint density at radius 3 is 2.77 bits per heavy atom. The fraction of sp³-hybridized carbons (Fsp3) is 0.320. The Bertz CT molecular complexity index is 1080. The van der Waals surface area contributed by atoms with E-state index in [-0.39, 0.29) is 11.6 Å². The molecule has 0 bridgehead atoms. The monoisotopic (exact) mass is 454 g/mol. The number of hydrogen-bond donors (Lipinski definition) is 1. The van der Waals surface area contributed by atoms with Gasteiger partial charge in [-0.1, -0.05) is 41.4 Å². The van der Waals surface area contributed by atoms with Crippen LogP contribution in [0.2, 0.25) is 10.0 Å². The van der Waals surface area contributed by atoms with Crippen LogP contribution < -0.4 is 10.1 Å². The maximum absolute atomic E-state index is 6.38. The lowest BCUT2D eigenvalue weighted by Gasteiger charge is -2.23. The van der Waals surface area contributed by atoms with Crippen LogP contribution in [0.5, 0.6) is 5.75 Å². The Kier molecular flexibility index (Phi) is 5.89. The van der Waals surface area contributed by atoms with Gasteiger partial charge in [0.1, 0.15) is 11.9 Å². The lowest BCUT2D eigenvalue weighted by atomic mass is 9.94. The van der Waals surface area contributed by atoms with E-state index in [0.29, 0.717) is 18.2 Å². The summed E-state index contributed by atoms with van der Waals surface area (Å²) in [6.45, 7) is 2.04. The molecule has 0 spiro atoms. The molecule has 5 rings (SSSR count). The van der Waals surface area contributed by atoms with Crippen LogP contribution >= 0.6 is 23.2 Å². The second-order valence-electron chi connectivity index (χ2n) is 8.19. The minimum absolute atomic E-state index is 0.101. The Labute approximate surface area is 192 Å². The quantitative estimate of drug-likeness (QED) is 0.475. The Morgan fingerprint density at radius 2 is 1.97 bits per heavy atom. The smallest absolute Gasteiger partial charge is 0.127 e. The standard InChI is InChI=1S/C25H24Cl2N2O2/c26-18-5-6-23(27)17(13-18)14-29-25(9-10-25)22-15-28-11-7-20(22)21-3-1-2-4-24(21)31-19-8-12-30-16-19/h1-7,11,13,15,19,29H,8-10,12,14,16H2. The van der Waals surface area contributed by atoms with Gasteiger partial charge in [-0.3, -0.25) is 4.98 Å². The highest BCUT2D eigenvalue weighted by atomic mass is 35.5. The average molecular weight is 455 g/mol. The van der Waals surface area contributed by atoms with Crippen LogP contribution in [0.4, 0.5) is 0 Å². The minimum Gasteiger partial charge on any atom is -0.487 e. The van der Waals surface area contributed by atoms with E-state index >= 15 is 0 Å². The summed E-state index contributed by atoms with van der Waals surface area (Å²) in [5, 5.41) is 5.14. The zero-order valence-corrected chi connectivity index (χ0v) is 18.6. The molecule has 6 heteroatoms. The first-order chi connectivity index (χ1) is 15.1. The topological polar surface area (TPSA) is 43.4 Å². The third-order valence-electron chi connectivity index (χ3n) is 6.07. The molecule has 1 aliphatic carbocycles. The third-order valence-corrected chi connectivity index (χ3v) is 6.67. The molecule has 1 atom stereocenters. The van der Waals surface area contributed by atoms with Crippen molar-refractivity contribution in [3.63, 3.8) is 0 Å². The molecular weight excluding hydrogens is 431 g/mol. The summed E-state index contributed by atoms with van der Waals surface area (Å²) in [6, 6.07) is 15.9. The van der Waals surface area contributed by atoms with Gasteiger partial charge in [0.2, 0.25) is 0 Å². The maximum Gasteiger partial charge on any atom is 0.127 e. The molecule has 160 valence electrons. The molecule has 31 heavy (non-hydrogen) atoms. The Balaban J connectivity index is 1.44. The van der Waals surface area contributed by atoms with E-state index < -0.39 is 0 Å². The minimum atomic E-state index is -0.126. The van der Waals surface area contributed by atoms with Crippen LogP contribution in [0.1, 0.15) is 30.4 Å². The number of rotatable bonds is 7. The highest BCUT2D eigenvalue weighted by molar-refractivity contribution is 6.33. The van der Waals surface area contributed by atoms with Crippen LogP contribution in [0.15, 0.2) is 60.9 Å². The predicted molar refractivity (Wildman–Crippen MR) is 124 cm³/mol. The first kappa shape index (κ1) is 20.8. The fourth-order valence-corrected chi connectivity index (χ4v) is 4.58. The van der Waals surface area contributed by atoms with Gasteiger partial charge in [0.05, 0.1) is 13.2 Å². The summed E-state index contributed by atoms with van der Waals surface area (Å²) in [5.74, 6) is 0.888.